The Kier molecular flexibility index (Phi) is 6.57. The summed E-state index contributed by atoms with van der Waals surface area (Å²) in [5.74, 6) is 1.60. The van der Waals surface area contributed by atoms with Crippen LogP contribution in [0, 0.1) is 11.3 Å². The molecule has 1 amide bonds. The summed E-state index contributed by atoms with van der Waals surface area (Å²) < 4.78 is 22.2. The van der Waals surface area contributed by atoms with Crippen molar-refractivity contribution < 1.29 is 23.7 Å². The topological polar surface area (TPSA) is 81.0 Å². The summed E-state index contributed by atoms with van der Waals surface area (Å²) in [6, 6.07) is 14.2. The normalized spacial score (nSPS) is 18.0. The second kappa shape index (κ2) is 9.30. The molecule has 1 heterocycles. The highest BCUT2D eigenvalue weighted by Crippen LogP contribution is 2.40. The number of β-lactam (4-membered cyclic amide) rings is 1. The van der Waals surface area contributed by atoms with Crippen molar-refractivity contribution in [1.82, 2.24) is 4.90 Å². The SMILES string of the molecule is CCOc1ccc(C2C(Oc3cccc(C#N)c3)C(=O)N2CCOC)cc1OC. The lowest BCUT2D eigenvalue weighted by Crippen LogP contribution is -2.61. The van der Waals surface area contributed by atoms with Gasteiger partial charge in [0.2, 0.25) is 6.10 Å². The van der Waals surface area contributed by atoms with Crippen LogP contribution in [0.5, 0.6) is 17.2 Å². The number of rotatable bonds is 9. The Morgan fingerprint density at radius 2 is 1.97 bits per heavy atom. The number of nitrogens with zero attached hydrogens (tertiary/aromatic N) is 2. The molecule has 2 unspecified atom stereocenters. The van der Waals surface area contributed by atoms with Gasteiger partial charge in [0.15, 0.2) is 11.5 Å². The highest BCUT2D eigenvalue weighted by atomic mass is 16.5. The maximum absolute atomic E-state index is 12.8. The lowest BCUT2D eigenvalue weighted by atomic mass is 9.90. The number of benzene rings is 2. The van der Waals surface area contributed by atoms with Crippen molar-refractivity contribution in [2.24, 2.45) is 0 Å². The number of likely N-dealkylation sites (tertiary alicyclic amines) is 1. The second-order valence-electron chi connectivity index (χ2n) is 6.49. The zero-order valence-corrected chi connectivity index (χ0v) is 16.8. The molecule has 1 saturated heterocycles. The van der Waals surface area contributed by atoms with Crippen LogP contribution in [0.3, 0.4) is 0 Å². The van der Waals surface area contributed by atoms with Crippen LogP contribution in [0.4, 0.5) is 0 Å². The molecule has 7 heteroatoms. The van der Waals surface area contributed by atoms with Crippen molar-refractivity contribution in [3.63, 3.8) is 0 Å². The third-order valence-electron chi connectivity index (χ3n) is 4.74. The Bertz CT molecular complexity index is 908. The van der Waals surface area contributed by atoms with Crippen LogP contribution in [-0.4, -0.2) is 50.9 Å². The molecule has 2 aromatic rings. The molecular formula is C22H24N2O5. The summed E-state index contributed by atoms with van der Waals surface area (Å²) in [7, 11) is 3.18. The standard InChI is InChI=1S/C22H24N2O5/c1-4-28-18-9-8-16(13-19(18)27-3)20-21(22(25)24(20)10-11-26-2)29-17-7-5-6-15(12-17)14-23/h5-9,12-13,20-21H,4,10-11H2,1-3H3. The fourth-order valence-electron chi connectivity index (χ4n) is 3.35. The summed E-state index contributed by atoms with van der Waals surface area (Å²) in [4.78, 5) is 14.5. The molecule has 1 aliphatic rings. The van der Waals surface area contributed by atoms with E-state index in [0.717, 1.165) is 5.56 Å². The quantitative estimate of drug-likeness (QED) is 0.606. The van der Waals surface area contributed by atoms with E-state index in [1.54, 1.807) is 43.4 Å². The van der Waals surface area contributed by atoms with Gasteiger partial charge in [-0.3, -0.25) is 4.79 Å². The Labute approximate surface area is 170 Å². The van der Waals surface area contributed by atoms with Crippen LogP contribution in [0.15, 0.2) is 42.5 Å². The number of ether oxygens (including phenoxy) is 4. The maximum Gasteiger partial charge on any atom is 0.266 e. The minimum atomic E-state index is -0.691. The van der Waals surface area contributed by atoms with Crippen molar-refractivity contribution in [1.29, 1.82) is 5.26 Å². The van der Waals surface area contributed by atoms with Crippen LogP contribution >= 0.6 is 0 Å². The first-order valence-electron chi connectivity index (χ1n) is 9.39. The van der Waals surface area contributed by atoms with Crippen LogP contribution in [-0.2, 0) is 9.53 Å². The average molecular weight is 396 g/mol. The Morgan fingerprint density at radius 1 is 1.14 bits per heavy atom. The molecule has 29 heavy (non-hydrogen) atoms. The van der Waals surface area contributed by atoms with Gasteiger partial charge in [0.05, 0.1) is 32.0 Å². The van der Waals surface area contributed by atoms with Crippen molar-refractivity contribution >= 4 is 5.91 Å². The molecule has 2 atom stereocenters. The largest absolute Gasteiger partial charge is 0.493 e. The van der Waals surface area contributed by atoms with E-state index in [1.165, 1.54) is 0 Å². The number of amides is 1. The first kappa shape index (κ1) is 20.5. The van der Waals surface area contributed by atoms with Crippen LogP contribution in [0.2, 0.25) is 0 Å². The molecule has 7 nitrogen and oxygen atoms in total. The monoisotopic (exact) mass is 396 g/mol. The molecule has 1 aliphatic heterocycles. The number of carbonyl (C=O) groups is 1. The minimum absolute atomic E-state index is 0.123. The molecule has 0 radical (unpaired) electrons. The van der Waals surface area contributed by atoms with Crippen molar-refractivity contribution in [3.05, 3.63) is 53.6 Å². The van der Waals surface area contributed by atoms with Gasteiger partial charge in [-0.2, -0.15) is 5.26 Å². The first-order valence-corrected chi connectivity index (χ1v) is 9.39. The van der Waals surface area contributed by atoms with Gasteiger partial charge < -0.3 is 23.8 Å². The molecule has 2 aromatic carbocycles. The fourth-order valence-corrected chi connectivity index (χ4v) is 3.35. The minimum Gasteiger partial charge on any atom is -0.493 e. The molecular weight excluding hydrogens is 372 g/mol. The maximum atomic E-state index is 12.8. The fraction of sp³-hybridized carbons (Fsp3) is 0.364. The Morgan fingerprint density at radius 3 is 2.66 bits per heavy atom. The van der Waals surface area contributed by atoms with E-state index < -0.39 is 6.10 Å². The zero-order chi connectivity index (χ0) is 20.8. The highest BCUT2D eigenvalue weighted by molar-refractivity contribution is 5.89. The second-order valence-corrected chi connectivity index (χ2v) is 6.49. The van der Waals surface area contributed by atoms with E-state index in [1.807, 2.05) is 25.1 Å². The van der Waals surface area contributed by atoms with Gasteiger partial charge in [0, 0.05) is 13.7 Å². The molecule has 0 aliphatic carbocycles. The van der Waals surface area contributed by atoms with Gasteiger partial charge in [0.1, 0.15) is 11.8 Å². The Hall–Kier alpha value is -3.24. The van der Waals surface area contributed by atoms with Crippen molar-refractivity contribution in [3.8, 4) is 23.3 Å². The average Bonchev–Trinajstić information content (AvgIpc) is 2.76. The van der Waals surface area contributed by atoms with Gasteiger partial charge >= 0.3 is 0 Å². The zero-order valence-electron chi connectivity index (χ0n) is 16.8. The van der Waals surface area contributed by atoms with E-state index in [0.29, 0.717) is 42.6 Å². The van der Waals surface area contributed by atoms with Crippen LogP contribution < -0.4 is 14.2 Å². The lowest BCUT2D eigenvalue weighted by Gasteiger charge is -2.46. The molecule has 1 fully saturated rings. The summed E-state index contributed by atoms with van der Waals surface area (Å²) in [6.07, 6.45) is -0.691. The number of carbonyl (C=O) groups excluding carboxylic acids is 1. The third-order valence-corrected chi connectivity index (χ3v) is 4.74. The van der Waals surface area contributed by atoms with E-state index in [9.17, 15) is 4.79 Å². The molecule has 0 saturated carbocycles. The molecule has 0 bridgehead atoms. The summed E-state index contributed by atoms with van der Waals surface area (Å²) in [5.41, 5.74) is 1.35. The van der Waals surface area contributed by atoms with E-state index in [4.69, 9.17) is 24.2 Å². The van der Waals surface area contributed by atoms with E-state index in [-0.39, 0.29) is 11.9 Å². The smallest absolute Gasteiger partial charge is 0.266 e. The summed E-state index contributed by atoms with van der Waals surface area (Å²) >= 11 is 0. The number of hydrogen-bond donors (Lipinski definition) is 0. The predicted octanol–water partition coefficient (Wildman–Crippen LogP) is 2.94. The third kappa shape index (κ3) is 4.28. The van der Waals surface area contributed by atoms with Gasteiger partial charge in [-0.1, -0.05) is 12.1 Å². The highest BCUT2D eigenvalue weighted by Gasteiger charge is 2.50. The molecule has 0 aromatic heterocycles. The molecule has 152 valence electrons. The number of methoxy groups -OCH3 is 2. The van der Waals surface area contributed by atoms with Gasteiger partial charge in [0.25, 0.3) is 5.91 Å². The molecule has 0 N–H and O–H groups in total. The van der Waals surface area contributed by atoms with Gasteiger partial charge in [-0.15, -0.1) is 0 Å². The summed E-state index contributed by atoms with van der Waals surface area (Å²) in [5, 5.41) is 9.10. The number of nitriles is 1. The van der Waals surface area contributed by atoms with Crippen LogP contribution in [0.1, 0.15) is 24.1 Å². The van der Waals surface area contributed by atoms with Gasteiger partial charge in [-0.25, -0.2) is 0 Å². The Balaban J connectivity index is 1.90. The molecule has 0 spiro atoms. The van der Waals surface area contributed by atoms with Crippen molar-refractivity contribution in [2.45, 2.75) is 19.1 Å². The predicted molar refractivity (Wildman–Crippen MR) is 106 cm³/mol. The lowest BCUT2D eigenvalue weighted by molar-refractivity contribution is -0.165. The molecule has 3 rings (SSSR count). The summed E-state index contributed by atoms with van der Waals surface area (Å²) in [6.45, 7) is 3.31. The van der Waals surface area contributed by atoms with E-state index in [2.05, 4.69) is 6.07 Å². The first-order chi connectivity index (χ1) is 14.1. The van der Waals surface area contributed by atoms with E-state index >= 15 is 0 Å². The van der Waals surface area contributed by atoms with Crippen LogP contribution in [0.25, 0.3) is 0 Å². The van der Waals surface area contributed by atoms with Crippen molar-refractivity contribution in [2.75, 3.05) is 34.0 Å². The van der Waals surface area contributed by atoms with Gasteiger partial charge in [-0.05, 0) is 42.8 Å². The number of hydrogen-bond acceptors (Lipinski definition) is 6.